The number of hydrogen-bond acceptors (Lipinski definition) is 5. The molecule has 1 saturated heterocycles. The van der Waals surface area contributed by atoms with Crippen LogP contribution in [0.5, 0.6) is 0 Å². The maximum Gasteiger partial charge on any atom is 0.267 e. The number of piperidine rings is 1. The van der Waals surface area contributed by atoms with Gasteiger partial charge in [-0.05, 0) is 54.4 Å². The molecule has 138 valence electrons. The normalized spacial score (nSPS) is 15.0. The second-order valence-corrected chi connectivity index (χ2v) is 7.69. The lowest BCUT2D eigenvalue weighted by Crippen LogP contribution is -2.38. The summed E-state index contributed by atoms with van der Waals surface area (Å²) in [4.78, 5) is 19.6. The fraction of sp³-hybridized carbons (Fsp3) is 0.286. The standard InChI is InChI=1S/C21H22N4OS/c22-18-19(17-8-4-5-11-23-17)24-27-20(18)21(26)25-12-9-16(10-13-25)14-15-6-2-1-3-7-15/h1-8,11,16H,9-10,12-14,22H2. The van der Waals surface area contributed by atoms with Gasteiger partial charge in [0.2, 0.25) is 0 Å². The third-order valence-corrected chi connectivity index (χ3v) is 5.95. The fourth-order valence-corrected chi connectivity index (χ4v) is 4.35. The first-order valence-electron chi connectivity index (χ1n) is 9.22. The third-order valence-electron chi connectivity index (χ3n) is 5.10. The van der Waals surface area contributed by atoms with Crippen LogP contribution in [0, 0.1) is 5.92 Å². The SMILES string of the molecule is Nc1c(-c2ccccn2)nsc1C(=O)N1CCC(Cc2ccccc2)CC1. The van der Waals surface area contributed by atoms with E-state index < -0.39 is 0 Å². The molecule has 0 atom stereocenters. The predicted octanol–water partition coefficient (Wildman–Crippen LogP) is 3.88. The van der Waals surface area contributed by atoms with Crippen molar-refractivity contribution in [2.75, 3.05) is 18.8 Å². The zero-order valence-corrected chi connectivity index (χ0v) is 15.9. The minimum atomic E-state index is -0.00894. The number of hydrogen-bond donors (Lipinski definition) is 1. The van der Waals surface area contributed by atoms with Crippen molar-refractivity contribution in [3.63, 3.8) is 0 Å². The van der Waals surface area contributed by atoms with Crippen molar-refractivity contribution >= 4 is 23.1 Å². The molecule has 3 heterocycles. The van der Waals surface area contributed by atoms with Crippen LogP contribution in [-0.4, -0.2) is 33.3 Å². The van der Waals surface area contributed by atoms with Gasteiger partial charge in [0.15, 0.2) is 0 Å². The van der Waals surface area contributed by atoms with Gasteiger partial charge in [-0.25, -0.2) is 0 Å². The van der Waals surface area contributed by atoms with E-state index >= 15 is 0 Å². The summed E-state index contributed by atoms with van der Waals surface area (Å²) in [5, 5.41) is 0. The molecule has 0 aliphatic carbocycles. The van der Waals surface area contributed by atoms with Gasteiger partial charge in [0.05, 0.1) is 11.4 Å². The molecule has 0 spiro atoms. The van der Waals surface area contributed by atoms with Gasteiger partial charge in [-0.15, -0.1) is 0 Å². The lowest BCUT2D eigenvalue weighted by atomic mass is 9.90. The molecule has 3 aromatic rings. The molecule has 27 heavy (non-hydrogen) atoms. The van der Waals surface area contributed by atoms with E-state index in [4.69, 9.17) is 5.73 Å². The molecule has 5 nitrogen and oxygen atoms in total. The van der Waals surface area contributed by atoms with E-state index in [0.717, 1.165) is 32.4 Å². The highest BCUT2D eigenvalue weighted by molar-refractivity contribution is 7.09. The Morgan fingerprint density at radius 1 is 1.11 bits per heavy atom. The van der Waals surface area contributed by atoms with E-state index in [0.29, 0.717) is 27.9 Å². The van der Waals surface area contributed by atoms with Crippen LogP contribution in [0.1, 0.15) is 28.1 Å². The van der Waals surface area contributed by atoms with E-state index in [1.807, 2.05) is 29.2 Å². The Balaban J connectivity index is 1.41. The second-order valence-electron chi connectivity index (χ2n) is 6.91. The van der Waals surface area contributed by atoms with Crippen molar-refractivity contribution in [3.8, 4) is 11.4 Å². The van der Waals surface area contributed by atoms with E-state index in [-0.39, 0.29) is 5.91 Å². The number of carbonyl (C=O) groups is 1. The lowest BCUT2D eigenvalue weighted by molar-refractivity contribution is 0.0696. The number of amides is 1. The number of pyridine rings is 1. The van der Waals surface area contributed by atoms with Gasteiger partial charge in [0, 0.05) is 19.3 Å². The Labute approximate surface area is 163 Å². The van der Waals surface area contributed by atoms with Crippen LogP contribution in [0.3, 0.4) is 0 Å². The van der Waals surface area contributed by atoms with E-state index in [1.165, 1.54) is 17.1 Å². The Morgan fingerprint density at radius 2 is 1.85 bits per heavy atom. The van der Waals surface area contributed by atoms with Crippen LogP contribution in [0.25, 0.3) is 11.4 Å². The first-order valence-corrected chi connectivity index (χ1v) is 9.99. The second kappa shape index (κ2) is 7.88. The molecule has 1 aliphatic heterocycles. The summed E-state index contributed by atoms with van der Waals surface area (Å²) in [6.07, 6.45) is 4.82. The van der Waals surface area contributed by atoms with Gasteiger partial charge in [-0.3, -0.25) is 9.78 Å². The van der Waals surface area contributed by atoms with Gasteiger partial charge in [-0.1, -0.05) is 36.4 Å². The van der Waals surface area contributed by atoms with Crippen molar-refractivity contribution in [2.24, 2.45) is 5.92 Å². The zero-order valence-electron chi connectivity index (χ0n) is 15.0. The minimum Gasteiger partial charge on any atom is -0.396 e. The number of carbonyl (C=O) groups excluding carboxylic acids is 1. The molecule has 1 aliphatic rings. The molecule has 4 rings (SSSR count). The van der Waals surface area contributed by atoms with Crippen LogP contribution in [0.4, 0.5) is 5.69 Å². The van der Waals surface area contributed by atoms with Gasteiger partial charge < -0.3 is 10.6 Å². The van der Waals surface area contributed by atoms with Gasteiger partial charge in [0.1, 0.15) is 10.6 Å². The van der Waals surface area contributed by atoms with E-state index in [2.05, 4.69) is 33.6 Å². The molecule has 1 amide bonds. The number of anilines is 1. The molecule has 2 aromatic heterocycles. The van der Waals surface area contributed by atoms with Gasteiger partial charge in [0.25, 0.3) is 5.91 Å². The topological polar surface area (TPSA) is 72.1 Å². The molecule has 6 heteroatoms. The Morgan fingerprint density at radius 3 is 2.56 bits per heavy atom. The molecule has 1 fully saturated rings. The Hall–Kier alpha value is -2.73. The monoisotopic (exact) mass is 378 g/mol. The van der Waals surface area contributed by atoms with Crippen LogP contribution in [0.2, 0.25) is 0 Å². The smallest absolute Gasteiger partial charge is 0.267 e. The van der Waals surface area contributed by atoms with Crippen LogP contribution >= 0.6 is 11.5 Å². The summed E-state index contributed by atoms with van der Waals surface area (Å²) in [6.45, 7) is 1.54. The average Bonchev–Trinajstić information content (AvgIpc) is 3.11. The largest absolute Gasteiger partial charge is 0.396 e. The Kier molecular flexibility index (Phi) is 5.16. The number of aromatic nitrogens is 2. The summed E-state index contributed by atoms with van der Waals surface area (Å²) in [5.41, 5.74) is 9.34. The quantitative estimate of drug-likeness (QED) is 0.748. The number of nitrogens with two attached hydrogens (primary N) is 1. The van der Waals surface area contributed by atoms with Gasteiger partial charge in [-0.2, -0.15) is 4.37 Å². The van der Waals surface area contributed by atoms with Crippen molar-refractivity contribution in [2.45, 2.75) is 19.3 Å². The summed E-state index contributed by atoms with van der Waals surface area (Å²) in [6, 6.07) is 16.2. The summed E-state index contributed by atoms with van der Waals surface area (Å²) in [7, 11) is 0. The van der Waals surface area contributed by atoms with Crippen LogP contribution in [0.15, 0.2) is 54.7 Å². The summed E-state index contributed by atoms with van der Waals surface area (Å²) < 4.78 is 4.38. The van der Waals surface area contributed by atoms with Crippen LogP contribution < -0.4 is 5.73 Å². The molecule has 0 bridgehead atoms. The van der Waals surface area contributed by atoms with Gasteiger partial charge >= 0.3 is 0 Å². The first kappa shape index (κ1) is 17.7. The lowest BCUT2D eigenvalue weighted by Gasteiger charge is -2.31. The number of nitrogen functional groups attached to an aromatic ring is 1. The number of nitrogens with zero attached hydrogens (tertiary/aromatic N) is 3. The highest BCUT2D eigenvalue weighted by Gasteiger charge is 2.27. The molecule has 0 radical (unpaired) electrons. The molecular formula is C21H22N4OS. The number of likely N-dealkylation sites (tertiary alicyclic amines) is 1. The average molecular weight is 379 g/mol. The maximum absolute atomic E-state index is 12.9. The van der Waals surface area contributed by atoms with Crippen molar-refractivity contribution < 1.29 is 4.79 Å². The molecule has 2 N–H and O–H groups in total. The highest BCUT2D eigenvalue weighted by Crippen LogP contribution is 2.31. The van der Waals surface area contributed by atoms with E-state index in [9.17, 15) is 4.79 Å². The maximum atomic E-state index is 12.9. The molecule has 0 unspecified atom stereocenters. The highest BCUT2D eigenvalue weighted by atomic mass is 32.1. The number of rotatable bonds is 4. The van der Waals surface area contributed by atoms with Crippen molar-refractivity contribution in [1.29, 1.82) is 0 Å². The van der Waals surface area contributed by atoms with E-state index in [1.54, 1.807) is 6.20 Å². The Bertz CT molecular complexity index is 902. The molecular weight excluding hydrogens is 356 g/mol. The third kappa shape index (κ3) is 3.85. The fourth-order valence-electron chi connectivity index (χ4n) is 3.57. The molecule has 0 saturated carbocycles. The first-order chi connectivity index (χ1) is 13.2. The van der Waals surface area contributed by atoms with Crippen molar-refractivity contribution in [3.05, 3.63) is 65.2 Å². The summed E-state index contributed by atoms with van der Waals surface area (Å²) in [5.74, 6) is 0.615. The number of benzene rings is 1. The minimum absolute atomic E-state index is 0.00894. The zero-order chi connectivity index (χ0) is 18.6. The van der Waals surface area contributed by atoms with Crippen LogP contribution in [-0.2, 0) is 6.42 Å². The summed E-state index contributed by atoms with van der Waals surface area (Å²) >= 11 is 1.17. The predicted molar refractivity (Wildman–Crippen MR) is 109 cm³/mol. The molecule has 1 aromatic carbocycles. The van der Waals surface area contributed by atoms with Crippen molar-refractivity contribution in [1.82, 2.24) is 14.3 Å².